The standard InChI is InChI=1S/C21H20N4O3/c1-13-5-6-17-16(9-13)19-20(24-17)21(28)25(12-23-19)8-7-18(27)22-11-14-3-2-4-15(26)10-14/h2-6,9-10,12,24,26H,7-8,11H2,1H3,(H,22,27). The molecule has 4 aromatic rings. The molecule has 1 amide bonds. The number of hydrogen-bond acceptors (Lipinski definition) is 4. The number of nitrogens with one attached hydrogen (secondary N) is 2. The van der Waals surface area contributed by atoms with Gasteiger partial charge < -0.3 is 15.4 Å². The van der Waals surface area contributed by atoms with Crippen molar-refractivity contribution in [1.29, 1.82) is 0 Å². The van der Waals surface area contributed by atoms with Crippen molar-refractivity contribution < 1.29 is 9.90 Å². The number of carbonyl (C=O) groups excluding carboxylic acids is 1. The molecule has 2 aromatic heterocycles. The summed E-state index contributed by atoms with van der Waals surface area (Å²) in [5.41, 5.74) is 3.67. The monoisotopic (exact) mass is 376 g/mol. The predicted molar refractivity (Wildman–Crippen MR) is 107 cm³/mol. The molecule has 0 aliphatic rings. The zero-order chi connectivity index (χ0) is 19.7. The number of aromatic amines is 1. The molecule has 0 radical (unpaired) electrons. The molecule has 0 saturated carbocycles. The van der Waals surface area contributed by atoms with Gasteiger partial charge in [0.15, 0.2) is 0 Å². The van der Waals surface area contributed by atoms with Crippen molar-refractivity contribution >= 4 is 27.8 Å². The summed E-state index contributed by atoms with van der Waals surface area (Å²) in [6.07, 6.45) is 1.65. The van der Waals surface area contributed by atoms with Crippen LogP contribution in [0.2, 0.25) is 0 Å². The number of fused-ring (bicyclic) bond motifs is 3. The van der Waals surface area contributed by atoms with E-state index >= 15 is 0 Å². The first-order chi connectivity index (χ1) is 13.5. The smallest absolute Gasteiger partial charge is 0.277 e. The molecule has 0 aliphatic heterocycles. The Morgan fingerprint density at radius 3 is 2.93 bits per heavy atom. The fourth-order valence-electron chi connectivity index (χ4n) is 3.24. The van der Waals surface area contributed by atoms with Crippen LogP contribution in [0, 0.1) is 6.92 Å². The first-order valence-electron chi connectivity index (χ1n) is 9.03. The van der Waals surface area contributed by atoms with Gasteiger partial charge in [0.05, 0.1) is 6.33 Å². The Hall–Kier alpha value is -3.61. The van der Waals surface area contributed by atoms with E-state index in [1.807, 2.05) is 31.2 Å². The van der Waals surface area contributed by atoms with Crippen LogP contribution in [0.25, 0.3) is 21.9 Å². The van der Waals surface area contributed by atoms with Gasteiger partial charge in [-0.2, -0.15) is 0 Å². The molecule has 0 atom stereocenters. The highest BCUT2D eigenvalue weighted by atomic mass is 16.3. The molecule has 3 N–H and O–H groups in total. The fourth-order valence-corrected chi connectivity index (χ4v) is 3.24. The topological polar surface area (TPSA) is 100 Å². The van der Waals surface area contributed by atoms with Gasteiger partial charge in [0.1, 0.15) is 16.8 Å². The van der Waals surface area contributed by atoms with E-state index in [0.29, 0.717) is 17.6 Å². The first kappa shape index (κ1) is 17.8. The quantitative estimate of drug-likeness (QED) is 0.498. The SMILES string of the molecule is Cc1ccc2[nH]c3c(=O)n(CCC(=O)NCc4cccc(O)c4)cnc3c2c1. The van der Waals surface area contributed by atoms with Gasteiger partial charge in [-0.15, -0.1) is 0 Å². The van der Waals surface area contributed by atoms with Crippen molar-refractivity contribution in [3.8, 4) is 5.75 Å². The van der Waals surface area contributed by atoms with Crippen molar-refractivity contribution in [3.63, 3.8) is 0 Å². The molecule has 4 rings (SSSR count). The van der Waals surface area contributed by atoms with Crippen LogP contribution in [0.3, 0.4) is 0 Å². The number of amides is 1. The van der Waals surface area contributed by atoms with Crippen LogP contribution in [0.5, 0.6) is 5.75 Å². The third kappa shape index (κ3) is 3.46. The van der Waals surface area contributed by atoms with Crippen molar-refractivity contribution in [2.24, 2.45) is 0 Å². The van der Waals surface area contributed by atoms with E-state index in [9.17, 15) is 14.7 Å². The van der Waals surface area contributed by atoms with E-state index in [4.69, 9.17) is 0 Å². The number of phenols is 1. The average molecular weight is 376 g/mol. The van der Waals surface area contributed by atoms with Crippen LogP contribution in [0.4, 0.5) is 0 Å². The fraction of sp³-hybridized carbons (Fsp3) is 0.190. The summed E-state index contributed by atoms with van der Waals surface area (Å²) in [5.74, 6) is -0.0196. The normalized spacial score (nSPS) is 11.2. The summed E-state index contributed by atoms with van der Waals surface area (Å²) >= 11 is 0. The van der Waals surface area contributed by atoms with Gasteiger partial charge in [0, 0.05) is 30.4 Å². The molecule has 2 aromatic carbocycles. The molecule has 28 heavy (non-hydrogen) atoms. The number of nitrogens with zero attached hydrogens (tertiary/aromatic N) is 2. The second-order valence-corrected chi connectivity index (χ2v) is 6.84. The molecule has 0 unspecified atom stereocenters. The third-order valence-corrected chi connectivity index (χ3v) is 4.71. The minimum atomic E-state index is -0.195. The molecule has 142 valence electrons. The summed E-state index contributed by atoms with van der Waals surface area (Å²) in [7, 11) is 0. The summed E-state index contributed by atoms with van der Waals surface area (Å²) in [4.78, 5) is 32.4. The molecule has 0 fully saturated rings. The zero-order valence-electron chi connectivity index (χ0n) is 15.4. The molecule has 7 nitrogen and oxygen atoms in total. The molecule has 0 saturated heterocycles. The molecular formula is C21H20N4O3. The number of H-pyrrole nitrogens is 1. The molecule has 7 heteroatoms. The molecular weight excluding hydrogens is 356 g/mol. The number of aromatic hydroxyl groups is 1. The minimum Gasteiger partial charge on any atom is -0.508 e. The second-order valence-electron chi connectivity index (χ2n) is 6.84. The van der Waals surface area contributed by atoms with Gasteiger partial charge in [0.2, 0.25) is 5.91 Å². The third-order valence-electron chi connectivity index (χ3n) is 4.71. The Morgan fingerprint density at radius 2 is 2.11 bits per heavy atom. The summed E-state index contributed by atoms with van der Waals surface area (Å²) in [6, 6.07) is 12.6. The van der Waals surface area contributed by atoms with Crippen LogP contribution in [0.15, 0.2) is 53.6 Å². The maximum atomic E-state index is 12.7. The molecule has 0 bridgehead atoms. The predicted octanol–water partition coefficient (Wildman–Crippen LogP) is 2.60. The number of phenolic OH excluding ortho intramolecular Hbond substituents is 1. The molecule has 2 heterocycles. The van der Waals surface area contributed by atoms with Crippen LogP contribution in [-0.4, -0.2) is 25.5 Å². The maximum absolute atomic E-state index is 12.7. The van der Waals surface area contributed by atoms with Crippen LogP contribution < -0.4 is 10.9 Å². The lowest BCUT2D eigenvalue weighted by molar-refractivity contribution is -0.121. The largest absolute Gasteiger partial charge is 0.508 e. The van der Waals surface area contributed by atoms with Crippen molar-refractivity contribution in [2.75, 3.05) is 0 Å². The maximum Gasteiger partial charge on any atom is 0.277 e. The van der Waals surface area contributed by atoms with Gasteiger partial charge in [0.25, 0.3) is 5.56 Å². The van der Waals surface area contributed by atoms with Gasteiger partial charge >= 0.3 is 0 Å². The van der Waals surface area contributed by atoms with E-state index in [1.54, 1.807) is 18.2 Å². The molecule has 0 spiro atoms. The van der Waals surface area contributed by atoms with E-state index < -0.39 is 0 Å². The Kier molecular flexibility index (Phi) is 4.57. The Balaban J connectivity index is 1.47. The van der Waals surface area contributed by atoms with E-state index in [2.05, 4.69) is 15.3 Å². The van der Waals surface area contributed by atoms with Crippen LogP contribution in [0.1, 0.15) is 17.5 Å². The average Bonchev–Trinajstić information content (AvgIpc) is 3.05. The molecule has 0 aliphatic carbocycles. The lowest BCUT2D eigenvalue weighted by atomic mass is 10.2. The first-order valence-corrected chi connectivity index (χ1v) is 9.03. The highest BCUT2D eigenvalue weighted by Crippen LogP contribution is 2.22. The Morgan fingerprint density at radius 1 is 1.25 bits per heavy atom. The van der Waals surface area contributed by atoms with Crippen LogP contribution >= 0.6 is 0 Å². The van der Waals surface area contributed by atoms with E-state index in [0.717, 1.165) is 22.0 Å². The van der Waals surface area contributed by atoms with Crippen LogP contribution in [-0.2, 0) is 17.9 Å². The summed E-state index contributed by atoms with van der Waals surface area (Å²) < 4.78 is 1.44. The lowest BCUT2D eigenvalue weighted by Gasteiger charge is -2.07. The van der Waals surface area contributed by atoms with E-state index in [1.165, 1.54) is 10.9 Å². The number of benzene rings is 2. The highest BCUT2D eigenvalue weighted by Gasteiger charge is 2.12. The van der Waals surface area contributed by atoms with Crippen molar-refractivity contribution in [1.82, 2.24) is 19.9 Å². The highest BCUT2D eigenvalue weighted by molar-refractivity contribution is 6.04. The Bertz CT molecular complexity index is 1240. The van der Waals surface area contributed by atoms with Gasteiger partial charge in [-0.05, 0) is 36.8 Å². The Labute approximate surface area is 160 Å². The van der Waals surface area contributed by atoms with Crippen molar-refractivity contribution in [3.05, 3.63) is 70.3 Å². The van der Waals surface area contributed by atoms with Gasteiger partial charge in [-0.3, -0.25) is 14.2 Å². The number of hydrogen-bond donors (Lipinski definition) is 3. The number of aromatic nitrogens is 3. The summed E-state index contributed by atoms with van der Waals surface area (Å²) in [5, 5.41) is 13.2. The minimum absolute atomic E-state index is 0.158. The number of rotatable bonds is 5. The number of aryl methyl sites for hydroxylation is 2. The zero-order valence-corrected chi connectivity index (χ0v) is 15.4. The summed E-state index contributed by atoms with van der Waals surface area (Å²) in [6.45, 7) is 2.55. The second kappa shape index (κ2) is 7.19. The number of carbonyl (C=O) groups is 1. The van der Waals surface area contributed by atoms with Gasteiger partial charge in [-0.1, -0.05) is 23.8 Å². The van der Waals surface area contributed by atoms with Gasteiger partial charge in [-0.25, -0.2) is 4.98 Å². The van der Waals surface area contributed by atoms with Crippen molar-refractivity contribution in [2.45, 2.75) is 26.4 Å². The lowest BCUT2D eigenvalue weighted by Crippen LogP contribution is -2.27. The van der Waals surface area contributed by atoms with E-state index in [-0.39, 0.29) is 30.2 Å².